The Morgan fingerprint density at radius 3 is 3.00 bits per heavy atom. The number of carbonyl (C=O) groups excluding carboxylic acids is 1. The minimum atomic E-state index is -2.02. The van der Waals surface area contributed by atoms with E-state index in [1.165, 1.54) is 0 Å². The van der Waals surface area contributed by atoms with E-state index in [0.717, 1.165) is 0 Å². The predicted octanol–water partition coefficient (Wildman–Crippen LogP) is -0.701. The third kappa shape index (κ3) is 0.429. The molecular weight excluding hydrogens is 80.0 g/mol. The highest BCUT2D eigenvalue weighted by Gasteiger charge is 2.02. The van der Waals surface area contributed by atoms with E-state index in [2.05, 4.69) is 0 Å². The second-order valence-electron chi connectivity index (χ2n) is 0.869. The largest absolute Gasteiger partial charge is 0.336 e. The smallest absolute Gasteiger partial charge is 0.314 e. The van der Waals surface area contributed by atoms with E-state index in [1.54, 1.807) is 0 Å². The van der Waals surface area contributed by atoms with Crippen LogP contribution in [0, 0.1) is 0 Å². The lowest BCUT2D eigenvalue weighted by Gasteiger charge is -1.80. The average Bonchev–Trinajstić information content (AvgIpc) is 1.95. The van der Waals surface area contributed by atoms with Gasteiger partial charge >= 0.3 is 6.03 Å². The van der Waals surface area contributed by atoms with Crippen LogP contribution in [0.5, 0.6) is 0 Å². The third-order valence-electron chi connectivity index (χ3n) is 0.460. The fraction of sp³-hybridized carbons (Fsp3) is 0.667. The van der Waals surface area contributed by atoms with Gasteiger partial charge in [0.15, 0.2) is 2.82 Å². The molecule has 0 unspecified atom stereocenters. The average molecular weight is 90.1 g/mol. The summed E-state index contributed by atoms with van der Waals surface area (Å²) in [6.07, 6.45) is 0. The highest BCUT2D eigenvalue weighted by Crippen LogP contribution is 1.69. The number of urea groups is 1. The van der Waals surface area contributed by atoms with Gasteiger partial charge in [0.2, 0.25) is 0 Å². The molecule has 0 saturated carbocycles. The minimum Gasteiger partial charge on any atom is -0.336 e. The quantitative estimate of drug-likeness (QED) is 0.405. The number of hydrogen-bond donors (Lipinski definition) is 2. The summed E-state index contributed by atoms with van der Waals surface area (Å²) < 4.78 is 27.6. The van der Waals surface area contributed by atoms with Crippen LogP contribution >= 0.6 is 0 Å². The summed E-state index contributed by atoms with van der Waals surface area (Å²) >= 11 is 0. The maximum absolute atomic E-state index is 10.6. The van der Waals surface area contributed by atoms with Gasteiger partial charge < -0.3 is 10.6 Å². The van der Waals surface area contributed by atoms with Crippen LogP contribution in [0.2, 0.25) is 2.82 Å². The molecular formula is C3H6N2O. The summed E-state index contributed by atoms with van der Waals surface area (Å²) in [5.74, 6) is 0. The molecule has 1 saturated heterocycles. The van der Waals surface area contributed by atoms with Gasteiger partial charge in [0.25, 0.3) is 0 Å². The Bertz CT molecular complexity index is 172. The first-order valence-corrected chi connectivity index (χ1v) is 1.54. The molecule has 1 heterocycles. The summed E-state index contributed by atoms with van der Waals surface area (Å²) in [5, 5.41) is 0.590. The second-order valence-corrected chi connectivity index (χ2v) is 0.869. The van der Waals surface area contributed by atoms with E-state index in [9.17, 15) is 4.79 Å². The molecule has 2 amide bonds. The summed E-state index contributed by atoms with van der Waals surface area (Å²) in [6.45, 7) is -2.38. The molecule has 0 atom stereocenters. The first-order chi connectivity index (χ1) is 4.45. The van der Waals surface area contributed by atoms with Gasteiger partial charge in [-0.15, -0.1) is 0 Å². The van der Waals surface area contributed by atoms with Gasteiger partial charge in [-0.3, -0.25) is 0 Å². The van der Waals surface area contributed by atoms with Crippen molar-refractivity contribution in [2.75, 3.05) is 13.0 Å². The highest BCUT2D eigenvalue weighted by molar-refractivity contribution is 5.75. The Labute approximate surface area is 41.5 Å². The van der Waals surface area contributed by atoms with Gasteiger partial charge in [0.1, 0.15) is 0 Å². The Hall–Kier alpha value is -0.730. The molecule has 34 valence electrons. The number of hydrogen-bond acceptors (Lipinski definition) is 1. The van der Waals surface area contributed by atoms with Gasteiger partial charge in [0, 0.05) is 13.0 Å². The van der Waals surface area contributed by atoms with E-state index in [4.69, 9.17) is 5.57 Å². The SMILES string of the molecule is [2H]N1CC([2H])([2H])N([2H])C1=O. The molecule has 2 N–H and O–H groups in total. The molecule has 3 nitrogen and oxygen atoms in total. The van der Waals surface area contributed by atoms with E-state index in [1.807, 2.05) is 0 Å². The molecule has 6 heavy (non-hydrogen) atoms. The van der Waals surface area contributed by atoms with E-state index in [0.29, 0.717) is 5.31 Å². The fourth-order valence-corrected chi connectivity index (χ4v) is 0.241. The van der Waals surface area contributed by atoms with Crippen molar-refractivity contribution in [3.63, 3.8) is 0 Å². The number of amides is 2. The van der Waals surface area contributed by atoms with E-state index < -0.39 is 12.5 Å². The van der Waals surface area contributed by atoms with Crippen LogP contribution in [-0.4, -0.2) is 19.1 Å². The zero-order valence-corrected chi connectivity index (χ0v) is 3.01. The van der Waals surface area contributed by atoms with Gasteiger partial charge in [-0.2, -0.15) is 0 Å². The van der Waals surface area contributed by atoms with E-state index >= 15 is 0 Å². The molecule has 1 fully saturated rings. The van der Waals surface area contributed by atoms with Crippen LogP contribution < -0.4 is 10.6 Å². The molecule has 0 bridgehead atoms. The number of nitrogens with one attached hydrogen (secondary N) is 2. The van der Waals surface area contributed by atoms with Gasteiger partial charge in [0.05, 0.1) is 2.74 Å². The van der Waals surface area contributed by atoms with Crippen LogP contribution in [0.4, 0.5) is 4.79 Å². The monoisotopic (exact) mass is 90.1 g/mol. The molecule has 0 radical (unpaired) electrons. The lowest BCUT2D eigenvalue weighted by Crippen LogP contribution is -2.20. The van der Waals surface area contributed by atoms with Crippen molar-refractivity contribution >= 4 is 6.03 Å². The minimum absolute atomic E-state index is 0.167. The van der Waals surface area contributed by atoms with Crippen LogP contribution in [0.15, 0.2) is 0 Å². The molecule has 0 aromatic heterocycles. The Kier molecular flexibility index (Phi) is 0.216. The van der Waals surface area contributed by atoms with Crippen molar-refractivity contribution in [1.82, 2.24) is 10.6 Å². The van der Waals surface area contributed by atoms with Crippen LogP contribution in [0.1, 0.15) is 2.74 Å². The molecule has 0 aromatic carbocycles. The normalized spacial score (nSPS) is 41.0. The lowest BCUT2D eigenvalue weighted by atomic mass is 10.7. The molecule has 3 heteroatoms. The first-order valence-electron chi connectivity index (χ1n) is 3.44. The van der Waals surface area contributed by atoms with Crippen molar-refractivity contribution in [3.8, 4) is 0 Å². The second kappa shape index (κ2) is 1.16. The molecule has 0 aliphatic carbocycles. The van der Waals surface area contributed by atoms with Gasteiger partial charge in [-0.05, 0) is 0 Å². The summed E-state index contributed by atoms with van der Waals surface area (Å²) in [4.78, 5) is 10.6. The lowest BCUT2D eigenvalue weighted by molar-refractivity contribution is 0.248. The van der Waals surface area contributed by atoms with Crippen molar-refractivity contribution in [3.05, 3.63) is 0 Å². The van der Waals surface area contributed by atoms with Crippen LogP contribution in [0.25, 0.3) is 0 Å². The van der Waals surface area contributed by atoms with E-state index in [-0.39, 0.29) is 11.9 Å². The van der Waals surface area contributed by atoms with Gasteiger partial charge in [-0.1, -0.05) is 0 Å². The fourth-order valence-electron chi connectivity index (χ4n) is 0.241. The molecule has 0 aromatic rings. The van der Waals surface area contributed by atoms with Crippen molar-refractivity contribution in [2.24, 2.45) is 0 Å². The first kappa shape index (κ1) is 1.12. The number of rotatable bonds is 0. The molecule has 1 aliphatic heterocycles. The van der Waals surface area contributed by atoms with Crippen molar-refractivity contribution in [2.45, 2.75) is 0 Å². The third-order valence-corrected chi connectivity index (χ3v) is 0.460. The Morgan fingerprint density at radius 1 is 2.00 bits per heavy atom. The zero-order valence-electron chi connectivity index (χ0n) is 7.01. The highest BCUT2D eigenvalue weighted by atomic mass is 16.2. The zero-order chi connectivity index (χ0) is 7.94. The molecule has 1 aliphatic rings. The molecule has 1 rings (SSSR count). The molecule has 0 spiro atoms. The van der Waals surface area contributed by atoms with Crippen LogP contribution in [0.3, 0.4) is 0 Å². The Morgan fingerprint density at radius 2 is 2.83 bits per heavy atom. The Balaban J connectivity index is 2.81. The summed E-state index contributed by atoms with van der Waals surface area (Å²) in [5.41, 5.74) is 0. The van der Waals surface area contributed by atoms with Crippen molar-refractivity contribution < 1.29 is 10.4 Å². The van der Waals surface area contributed by atoms with Crippen molar-refractivity contribution in [1.29, 1.82) is 0 Å². The van der Waals surface area contributed by atoms with Crippen LogP contribution in [-0.2, 0) is 0 Å². The van der Waals surface area contributed by atoms with Gasteiger partial charge in [-0.25, -0.2) is 4.79 Å². The maximum Gasteiger partial charge on any atom is 0.314 e. The topological polar surface area (TPSA) is 41.1 Å². The predicted molar refractivity (Wildman–Crippen MR) is 21.4 cm³/mol. The summed E-state index contributed by atoms with van der Waals surface area (Å²) in [7, 11) is 0. The summed E-state index contributed by atoms with van der Waals surface area (Å²) in [6, 6.07) is -0.926. The standard InChI is InChI=1S/C3H6N2O/c6-3-4-1-2-5-3/h1-2H2,(H2,4,5,6)/i1D2/hD2. The maximum atomic E-state index is 10.6. The number of carbonyl (C=O) groups is 1.